The Morgan fingerprint density at radius 1 is 1.12 bits per heavy atom. The third-order valence-electron chi connectivity index (χ3n) is 7.63. The Hall–Kier alpha value is -4.09. The zero-order valence-electron chi connectivity index (χ0n) is 23.5. The molecule has 2 aromatic rings. The normalized spacial score (nSPS) is 20.1. The minimum absolute atomic E-state index is 0.0617. The largest absolute Gasteiger partial charge is 0.336 e. The number of hydrogen-bond acceptors (Lipinski definition) is 4. The monoisotopic (exact) mass is 541 g/mol. The lowest BCUT2D eigenvalue weighted by Gasteiger charge is -2.55. The number of amides is 4. The number of nitrogens with one attached hydrogen (secondary N) is 1. The molecule has 0 spiro atoms. The van der Waals surface area contributed by atoms with E-state index in [0.717, 1.165) is 29.5 Å². The maximum atomic E-state index is 14.0. The van der Waals surface area contributed by atoms with Crippen molar-refractivity contribution in [2.75, 3.05) is 26.2 Å². The van der Waals surface area contributed by atoms with E-state index in [2.05, 4.69) is 24.7 Å². The van der Waals surface area contributed by atoms with Gasteiger partial charge in [0, 0.05) is 19.0 Å². The second-order valence-electron chi connectivity index (χ2n) is 10.5. The van der Waals surface area contributed by atoms with Crippen molar-refractivity contribution in [3.05, 3.63) is 83.9 Å². The first-order valence-electron chi connectivity index (χ1n) is 13.9. The lowest BCUT2D eigenvalue weighted by molar-refractivity contribution is -0.189. The lowest BCUT2D eigenvalue weighted by Crippen LogP contribution is -2.76. The van der Waals surface area contributed by atoms with Crippen molar-refractivity contribution in [2.45, 2.75) is 57.8 Å². The molecule has 0 bridgehead atoms. The smallest absolute Gasteiger partial charge is 0.334 e. The van der Waals surface area contributed by atoms with Gasteiger partial charge in [0.25, 0.3) is 0 Å². The van der Waals surface area contributed by atoms with Gasteiger partial charge in [-0.2, -0.15) is 5.01 Å². The number of piperazine rings is 1. The molecule has 1 unspecified atom stereocenters. The van der Waals surface area contributed by atoms with Crippen LogP contribution in [-0.2, 0) is 16.1 Å². The average molecular weight is 542 g/mol. The maximum absolute atomic E-state index is 14.0. The lowest BCUT2D eigenvalue weighted by atomic mass is 9.91. The Bertz CT molecular complexity index is 1240. The van der Waals surface area contributed by atoms with E-state index >= 15 is 0 Å². The molecule has 0 aliphatic carbocycles. The second-order valence-corrected chi connectivity index (χ2v) is 10.5. The highest BCUT2D eigenvalue weighted by molar-refractivity contribution is 5.91. The first-order valence-corrected chi connectivity index (χ1v) is 13.9. The van der Waals surface area contributed by atoms with Crippen molar-refractivity contribution >= 4 is 17.8 Å². The first-order chi connectivity index (χ1) is 19.3. The molecule has 1 N–H and O–H groups in total. The Labute approximate surface area is 237 Å². The molecular weight excluding hydrogens is 502 g/mol. The predicted molar refractivity (Wildman–Crippen MR) is 155 cm³/mol. The number of fused-ring (bicyclic) bond motifs is 1. The van der Waals surface area contributed by atoms with Crippen LogP contribution in [0.1, 0.15) is 50.2 Å². The number of urea groups is 1. The number of benzene rings is 2. The molecule has 2 saturated heterocycles. The van der Waals surface area contributed by atoms with Crippen LogP contribution in [0, 0.1) is 12.3 Å². The maximum Gasteiger partial charge on any atom is 0.334 e. The molecule has 2 aliphatic heterocycles. The van der Waals surface area contributed by atoms with E-state index in [1.807, 2.05) is 67.6 Å². The van der Waals surface area contributed by atoms with Gasteiger partial charge >= 0.3 is 6.03 Å². The van der Waals surface area contributed by atoms with Crippen molar-refractivity contribution in [2.24, 2.45) is 0 Å². The molecule has 40 heavy (non-hydrogen) atoms. The van der Waals surface area contributed by atoms with Gasteiger partial charge in [-0.05, 0) is 24.5 Å². The van der Waals surface area contributed by atoms with Crippen molar-refractivity contribution in [1.82, 2.24) is 25.1 Å². The molecule has 2 fully saturated rings. The number of nitrogens with zero attached hydrogens (tertiary/aromatic N) is 4. The van der Waals surface area contributed by atoms with Crippen LogP contribution >= 0.6 is 0 Å². The number of hydrazine groups is 1. The number of carbonyl (C=O) groups excluding carboxylic acids is 3. The van der Waals surface area contributed by atoms with Gasteiger partial charge in [0.1, 0.15) is 12.2 Å². The van der Waals surface area contributed by atoms with Crippen LogP contribution in [0.3, 0.4) is 0 Å². The van der Waals surface area contributed by atoms with Crippen LogP contribution < -0.4 is 5.32 Å². The molecule has 8 nitrogen and oxygen atoms in total. The topological polar surface area (TPSA) is 76.2 Å². The molecule has 4 amide bonds. The number of rotatable bonds is 10. The third kappa shape index (κ3) is 6.37. The fraction of sp³-hybridized carbons (Fsp3) is 0.406. The van der Waals surface area contributed by atoms with E-state index in [0.29, 0.717) is 19.5 Å². The summed E-state index contributed by atoms with van der Waals surface area (Å²) < 4.78 is 0. The Morgan fingerprint density at radius 2 is 1.80 bits per heavy atom. The van der Waals surface area contributed by atoms with Gasteiger partial charge in [-0.1, -0.05) is 98.5 Å². The van der Waals surface area contributed by atoms with Gasteiger partial charge in [0.05, 0.1) is 19.6 Å². The van der Waals surface area contributed by atoms with Gasteiger partial charge in [-0.25, -0.2) is 9.80 Å². The quantitative estimate of drug-likeness (QED) is 0.365. The highest BCUT2D eigenvalue weighted by atomic mass is 16.2. The van der Waals surface area contributed by atoms with E-state index in [9.17, 15) is 14.4 Å². The summed E-state index contributed by atoms with van der Waals surface area (Å²) in [4.78, 5) is 44.6. The zero-order valence-corrected chi connectivity index (χ0v) is 23.5. The minimum atomic E-state index is -0.675. The molecule has 3 atom stereocenters. The predicted octanol–water partition coefficient (Wildman–Crippen LogP) is 3.98. The van der Waals surface area contributed by atoms with Gasteiger partial charge in [-0.15, -0.1) is 6.42 Å². The zero-order chi connectivity index (χ0) is 28.6. The van der Waals surface area contributed by atoms with E-state index < -0.39 is 12.2 Å². The molecule has 210 valence electrons. The Kier molecular flexibility index (Phi) is 9.62. The number of terminal acetylenes is 1. The van der Waals surface area contributed by atoms with E-state index in [1.54, 1.807) is 19.8 Å². The third-order valence-corrected chi connectivity index (χ3v) is 7.63. The minimum Gasteiger partial charge on any atom is -0.336 e. The summed E-state index contributed by atoms with van der Waals surface area (Å²) >= 11 is 0. The van der Waals surface area contributed by atoms with Gasteiger partial charge in [-0.3, -0.25) is 9.59 Å². The second kappa shape index (κ2) is 13.3. The summed E-state index contributed by atoms with van der Waals surface area (Å²) in [6, 6.07) is 18.6. The van der Waals surface area contributed by atoms with E-state index in [4.69, 9.17) is 6.42 Å². The van der Waals surface area contributed by atoms with Crippen molar-refractivity contribution < 1.29 is 14.4 Å². The van der Waals surface area contributed by atoms with Crippen molar-refractivity contribution in [1.29, 1.82) is 0 Å². The molecule has 0 radical (unpaired) electrons. The van der Waals surface area contributed by atoms with Crippen LogP contribution in [-0.4, -0.2) is 76.0 Å². The molecule has 2 aromatic carbocycles. The van der Waals surface area contributed by atoms with Crippen LogP contribution in [0.4, 0.5) is 4.79 Å². The van der Waals surface area contributed by atoms with Gasteiger partial charge in [0.15, 0.2) is 0 Å². The first kappa shape index (κ1) is 28.9. The van der Waals surface area contributed by atoms with Crippen LogP contribution in [0.5, 0.6) is 0 Å². The fourth-order valence-corrected chi connectivity index (χ4v) is 5.58. The summed E-state index contributed by atoms with van der Waals surface area (Å²) in [5.74, 6) is 2.23. The Balaban J connectivity index is 1.67. The van der Waals surface area contributed by atoms with Crippen LogP contribution in [0.2, 0.25) is 0 Å². The number of unbranched alkanes of at least 4 members (excludes halogenated alkanes) is 1. The summed E-state index contributed by atoms with van der Waals surface area (Å²) in [7, 11) is 0. The highest BCUT2D eigenvalue weighted by Crippen LogP contribution is 2.32. The summed E-state index contributed by atoms with van der Waals surface area (Å²) in [6.45, 7) is 9.20. The number of hydrogen-bond donors (Lipinski definition) is 1. The molecule has 0 saturated carbocycles. The number of carbonyl (C=O) groups is 3. The molecule has 8 heteroatoms. The summed E-state index contributed by atoms with van der Waals surface area (Å²) in [5.41, 5.74) is 2.97. The Morgan fingerprint density at radius 3 is 2.42 bits per heavy atom. The molecule has 2 aliphatic rings. The van der Waals surface area contributed by atoms with Crippen molar-refractivity contribution in [3.8, 4) is 12.3 Å². The van der Waals surface area contributed by atoms with Gasteiger partial charge in [0.2, 0.25) is 11.8 Å². The van der Waals surface area contributed by atoms with E-state index in [1.165, 1.54) is 0 Å². The summed E-state index contributed by atoms with van der Waals surface area (Å²) in [6.07, 6.45) is 7.19. The van der Waals surface area contributed by atoms with Crippen molar-refractivity contribution in [3.63, 3.8) is 0 Å². The molecular formula is C32H39N5O3. The molecule has 2 heterocycles. The molecule has 4 rings (SSSR count). The van der Waals surface area contributed by atoms with Crippen LogP contribution in [0.15, 0.2) is 72.8 Å². The average Bonchev–Trinajstić information content (AvgIpc) is 2.95. The van der Waals surface area contributed by atoms with E-state index in [-0.39, 0.29) is 43.4 Å². The SMILES string of the molecule is C#CCN1CC(=O)N2[C@@H](CCCC)C(=O)N(CC(C(=C)C)c3ccccc3)C[C@@H]2N1C(=O)NCc1ccccc1. The summed E-state index contributed by atoms with van der Waals surface area (Å²) in [5, 5.41) is 6.16. The highest BCUT2D eigenvalue weighted by Gasteiger charge is 2.51. The van der Waals surface area contributed by atoms with Crippen LogP contribution in [0.25, 0.3) is 0 Å². The van der Waals surface area contributed by atoms with Gasteiger partial charge < -0.3 is 15.1 Å². The standard InChI is InChI=1S/C32H39N5O3/c1-5-7-18-28-31(39)34(21-27(24(3)4)26-16-12-9-13-17-26)22-29-36(28)30(38)23-35(19-6-2)37(29)32(40)33-20-25-14-10-8-11-15-25/h2,8-17,27-29H,3,5,7,18-23H2,1,4H3,(H,33,40)/t27?,28-,29-/m0/s1. The fourth-order valence-electron chi connectivity index (χ4n) is 5.58. The molecule has 0 aromatic heterocycles.